The highest BCUT2D eigenvalue weighted by Crippen LogP contribution is 2.24. The fraction of sp³-hybridized carbons (Fsp3) is 0.727. The summed E-state index contributed by atoms with van der Waals surface area (Å²) in [6, 6.07) is 7.91. The molecule has 2 rings (SSSR count). The lowest BCUT2D eigenvalue weighted by molar-refractivity contribution is 0.0720. The summed E-state index contributed by atoms with van der Waals surface area (Å²) in [5.41, 5.74) is 1.14. The number of ether oxygens (including phenoxy) is 2. The summed E-state index contributed by atoms with van der Waals surface area (Å²) in [4.78, 5) is 0. The summed E-state index contributed by atoms with van der Waals surface area (Å²) in [5.74, 6) is 1.24. The molecule has 0 radical (unpaired) electrons. The summed E-state index contributed by atoms with van der Waals surface area (Å²) >= 11 is 0. The molecular weight excluding hydrogens is 360 g/mol. The van der Waals surface area contributed by atoms with Crippen LogP contribution in [0.5, 0.6) is 5.75 Å². The summed E-state index contributed by atoms with van der Waals surface area (Å²) < 4.78 is 36.2. The molecule has 0 amide bonds. The number of hydrogen-bond acceptors (Lipinski definition) is 4. The molecule has 154 valence electrons. The van der Waals surface area contributed by atoms with E-state index in [0.717, 1.165) is 24.2 Å². The van der Waals surface area contributed by atoms with Gasteiger partial charge in [-0.3, -0.25) is 0 Å². The number of rotatable bonds is 10. The van der Waals surface area contributed by atoms with Gasteiger partial charge in [-0.05, 0) is 61.6 Å². The average Bonchev–Trinajstić information content (AvgIpc) is 2.60. The van der Waals surface area contributed by atoms with Crippen LogP contribution in [0.25, 0.3) is 0 Å². The summed E-state index contributed by atoms with van der Waals surface area (Å²) in [7, 11) is -3.06. The van der Waals surface area contributed by atoms with Crippen molar-refractivity contribution < 1.29 is 17.9 Å². The average molecular weight is 397 g/mol. The Balaban J connectivity index is 1.73. The Morgan fingerprint density at radius 3 is 2.52 bits per heavy atom. The number of aryl methyl sites for hydroxylation is 1. The molecule has 1 fully saturated rings. The number of sulfone groups is 1. The lowest BCUT2D eigenvalue weighted by atomic mass is 9.98. The molecule has 27 heavy (non-hydrogen) atoms. The molecule has 0 N–H and O–H groups in total. The SMILES string of the molecule is CC(C)(C)COCCCS(=O)(=O)CCc1cccc(OC2CCCCC2)c1. The molecule has 0 saturated heterocycles. The van der Waals surface area contributed by atoms with E-state index in [4.69, 9.17) is 9.47 Å². The van der Waals surface area contributed by atoms with Crippen molar-refractivity contribution in [3.8, 4) is 5.75 Å². The van der Waals surface area contributed by atoms with Gasteiger partial charge in [0.2, 0.25) is 0 Å². The van der Waals surface area contributed by atoms with Crippen molar-refractivity contribution >= 4 is 9.84 Å². The summed E-state index contributed by atoms with van der Waals surface area (Å²) in [6.45, 7) is 7.48. The molecule has 0 bridgehead atoms. The maximum absolute atomic E-state index is 12.3. The van der Waals surface area contributed by atoms with E-state index >= 15 is 0 Å². The van der Waals surface area contributed by atoms with Crippen molar-refractivity contribution in [2.24, 2.45) is 5.41 Å². The molecule has 0 atom stereocenters. The molecule has 0 unspecified atom stereocenters. The predicted octanol–water partition coefficient (Wildman–Crippen LogP) is 4.81. The Bertz CT molecular complexity index is 655. The Morgan fingerprint density at radius 2 is 1.81 bits per heavy atom. The predicted molar refractivity (Wildman–Crippen MR) is 111 cm³/mol. The van der Waals surface area contributed by atoms with Gasteiger partial charge in [-0.15, -0.1) is 0 Å². The van der Waals surface area contributed by atoms with Crippen LogP contribution < -0.4 is 4.74 Å². The van der Waals surface area contributed by atoms with Gasteiger partial charge in [0.15, 0.2) is 9.84 Å². The first-order chi connectivity index (χ1) is 12.7. The fourth-order valence-corrected chi connectivity index (χ4v) is 4.59. The van der Waals surface area contributed by atoms with E-state index < -0.39 is 9.84 Å². The largest absolute Gasteiger partial charge is 0.490 e. The first-order valence-electron chi connectivity index (χ1n) is 10.3. The van der Waals surface area contributed by atoms with E-state index in [1.807, 2.05) is 24.3 Å². The van der Waals surface area contributed by atoms with Crippen LogP contribution in [0.4, 0.5) is 0 Å². The molecular formula is C22H36O4S. The highest BCUT2D eigenvalue weighted by atomic mass is 32.2. The normalized spacial score (nSPS) is 16.4. The molecule has 1 aliphatic rings. The van der Waals surface area contributed by atoms with Gasteiger partial charge in [-0.1, -0.05) is 39.3 Å². The van der Waals surface area contributed by atoms with Gasteiger partial charge in [-0.25, -0.2) is 8.42 Å². The minimum Gasteiger partial charge on any atom is -0.490 e. The quantitative estimate of drug-likeness (QED) is 0.533. The lowest BCUT2D eigenvalue weighted by Crippen LogP contribution is -2.19. The third-order valence-corrected chi connectivity index (χ3v) is 6.47. The minimum absolute atomic E-state index is 0.115. The van der Waals surface area contributed by atoms with Crippen LogP contribution in [0.15, 0.2) is 24.3 Å². The zero-order valence-electron chi connectivity index (χ0n) is 17.2. The Morgan fingerprint density at radius 1 is 1.07 bits per heavy atom. The van der Waals surface area contributed by atoms with Crippen LogP contribution in [-0.4, -0.2) is 39.2 Å². The van der Waals surface area contributed by atoms with Gasteiger partial charge in [0.05, 0.1) is 24.2 Å². The van der Waals surface area contributed by atoms with Crippen molar-refractivity contribution in [2.45, 2.75) is 71.8 Å². The molecule has 0 spiro atoms. The third-order valence-electron chi connectivity index (χ3n) is 4.73. The first-order valence-corrected chi connectivity index (χ1v) is 12.1. The van der Waals surface area contributed by atoms with Crippen LogP contribution in [0, 0.1) is 5.41 Å². The van der Waals surface area contributed by atoms with E-state index in [-0.39, 0.29) is 16.9 Å². The second-order valence-electron chi connectivity index (χ2n) is 8.89. The number of hydrogen-bond donors (Lipinski definition) is 0. The number of benzene rings is 1. The Hall–Kier alpha value is -1.07. The van der Waals surface area contributed by atoms with Gasteiger partial charge in [0.25, 0.3) is 0 Å². The molecule has 1 aliphatic carbocycles. The van der Waals surface area contributed by atoms with E-state index in [1.165, 1.54) is 19.3 Å². The van der Waals surface area contributed by atoms with Gasteiger partial charge in [-0.2, -0.15) is 0 Å². The zero-order valence-corrected chi connectivity index (χ0v) is 18.0. The van der Waals surface area contributed by atoms with Gasteiger partial charge < -0.3 is 9.47 Å². The Kier molecular flexibility index (Phi) is 8.62. The fourth-order valence-electron chi connectivity index (χ4n) is 3.28. The molecule has 1 aromatic carbocycles. The van der Waals surface area contributed by atoms with Gasteiger partial charge in [0.1, 0.15) is 5.75 Å². The molecule has 4 nitrogen and oxygen atoms in total. The molecule has 0 heterocycles. The van der Waals surface area contributed by atoms with Crippen LogP contribution in [-0.2, 0) is 21.0 Å². The van der Waals surface area contributed by atoms with Crippen LogP contribution in [0.1, 0.15) is 64.9 Å². The maximum Gasteiger partial charge on any atom is 0.150 e. The smallest absolute Gasteiger partial charge is 0.150 e. The summed E-state index contributed by atoms with van der Waals surface area (Å²) in [5, 5.41) is 0. The second kappa shape index (κ2) is 10.5. The standard InChI is InChI=1S/C22H36O4S/c1-22(2,3)18-25-14-8-15-27(23,24)16-13-19-9-7-12-21(17-19)26-20-10-5-4-6-11-20/h7,9,12,17,20H,4-6,8,10-11,13-16,18H2,1-3H3. The van der Waals surface area contributed by atoms with Crippen molar-refractivity contribution in [1.82, 2.24) is 0 Å². The van der Waals surface area contributed by atoms with Crippen molar-refractivity contribution in [1.29, 1.82) is 0 Å². The van der Waals surface area contributed by atoms with Crippen molar-refractivity contribution in [3.63, 3.8) is 0 Å². The minimum atomic E-state index is -3.06. The second-order valence-corrected chi connectivity index (χ2v) is 11.2. The van der Waals surface area contributed by atoms with Crippen LogP contribution in [0.3, 0.4) is 0 Å². The van der Waals surface area contributed by atoms with Crippen molar-refractivity contribution in [3.05, 3.63) is 29.8 Å². The molecule has 0 aliphatic heterocycles. The molecule has 5 heteroatoms. The molecule has 1 saturated carbocycles. The van der Waals surface area contributed by atoms with Crippen LogP contribution in [0.2, 0.25) is 0 Å². The highest BCUT2D eigenvalue weighted by Gasteiger charge is 2.16. The maximum atomic E-state index is 12.3. The van der Waals surface area contributed by atoms with E-state index in [2.05, 4.69) is 20.8 Å². The van der Waals surface area contributed by atoms with E-state index in [9.17, 15) is 8.42 Å². The van der Waals surface area contributed by atoms with Crippen molar-refractivity contribution in [2.75, 3.05) is 24.7 Å². The van der Waals surface area contributed by atoms with E-state index in [1.54, 1.807) is 0 Å². The van der Waals surface area contributed by atoms with Gasteiger partial charge in [0, 0.05) is 6.61 Å². The van der Waals surface area contributed by atoms with Crippen LogP contribution >= 0.6 is 0 Å². The first kappa shape index (κ1) is 22.2. The monoisotopic (exact) mass is 396 g/mol. The summed E-state index contributed by atoms with van der Waals surface area (Å²) in [6.07, 6.45) is 7.43. The highest BCUT2D eigenvalue weighted by molar-refractivity contribution is 7.91. The lowest BCUT2D eigenvalue weighted by Gasteiger charge is -2.23. The van der Waals surface area contributed by atoms with Gasteiger partial charge >= 0.3 is 0 Å². The third kappa shape index (κ3) is 9.61. The van der Waals surface area contributed by atoms with E-state index in [0.29, 0.717) is 32.2 Å². The Labute approximate surface area is 165 Å². The molecule has 0 aromatic heterocycles. The molecule has 1 aromatic rings. The zero-order chi connectivity index (χ0) is 19.8. The topological polar surface area (TPSA) is 52.6 Å².